The molecule has 0 aromatic carbocycles. The average Bonchev–Trinajstić information content (AvgIpc) is 3.38. The molecule has 0 aliphatic carbocycles. The molecule has 4 aliphatic rings. The second-order valence-corrected chi connectivity index (χ2v) is 18.4. The minimum absolute atomic E-state index is 0.840. The van der Waals surface area contributed by atoms with Gasteiger partial charge in [-0.3, -0.25) is 0 Å². The molecule has 9 heteroatoms. The van der Waals surface area contributed by atoms with Gasteiger partial charge in [-0.25, -0.2) is 0 Å². The van der Waals surface area contributed by atoms with Crippen LogP contribution in [0.15, 0.2) is 0 Å². The standard InChI is InChI=1S/C12H18S9/c1-7(13-1)16-4-10-19-11(5-17-8-2-14-8)21-12(20-10)6-18-9-3-15-9/h7-12H,1-6H2. The van der Waals surface area contributed by atoms with Gasteiger partial charge in [0.25, 0.3) is 0 Å². The van der Waals surface area contributed by atoms with Crippen molar-refractivity contribution < 1.29 is 0 Å². The third-order valence-electron chi connectivity index (χ3n) is 3.07. The van der Waals surface area contributed by atoms with Gasteiger partial charge in [0.15, 0.2) is 0 Å². The van der Waals surface area contributed by atoms with Crippen molar-refractivity contribution >= 4 is 106 Å². The van der Waals surface area contributed by atoms with Crippen molar-refractivity contribution in [3.8, 4) is 0 Å². The SMILES string of the molecule is C1SC1SCC1SC(CSC2CS2)SC(CSC2CS2)S1. The Morgan fingerprint density at radius 3 is 1.10 bits per heavy atom. The lowest BCUT2D eigenvalue weighted by molar-refractivity contribution is 1.30. The Kier molecular flexibility index (Phi) is 7.27. The Bertz CT molecular complexity index is 283. The molecule has 4 aliphatic heterocycles. The molecule has 120 valence electrons. The zero-order valence-electron chi connectivity index (χ0n) is 11.4. The quantitative estimate of drug-likeness (QED) is 0.408. The first-order valence-corrected chi connectivity index (χ1v) is 16.1. The molecule has 4 heterocycles. The molecule has 0 radical (unpaired) electrons. The van der Waals surface area contributed by atoms with Gasteiger partial charge in [0.1, 0.15) is 0 Å². The topological polar surface area (TPSA) is 0 Å². The summed E-state index contributed by atoms with van der Waals surface area (Å²) in [6.45, 7) is 0. The first-order valence-electron chi connectivity index (χ1n) is 7.01. The molecule has 0 amide bonds. The second-order valence-electron chi connectivity index (χ2n) is 4.99. The van der Waals surface area contributed by atoms with Gasteiger partial charge >= 0.3 is 0 Å². The largest absolute Gasteiger partial charge is 0.145 e. The fraction of sp³-hybridized carbons (Fsp3) is 1.00. The van der Waals surface area contributed by atoms with Crippen molar-refractivity contribution in [1.29, 1.82) is 0 Å². The van der Waals surface area contributed by atoms with Gasteiger partial charge < -0.3 is 0 Å². The predicted octanol–water partition coefficient (Wildman–Crippen LogP) is 5.60. The Hall–Kier alpha value is 3.15. The summed E-state index contributed by atoms with van der Waals surface area (Å²) in [5.74, 6) is 8.30. The highest BCUT2D eigenvalue weighted by molar-refractivity contribution is 8.35. The molecule has 4 fully saturated rings. The lowest BCUT2D eigenvalue weighted by Crippen LogP contribution is -2.23. The molecule has 0 aromatic rings. The molecule has 0 aromatic heterocycles. The number of rotatable bonds is 9. The maximum absolute atomic E-state index is 2.28. The van der Waals surface area contributed by atoms with E-state index in [0.717, 1.165) is 27.5 Å². The van der Waals surface area contributed by atoms with Gasteiger partial charge in [-0.1, -0.05) is 0 Å². The third kappa shape index (κ3) is 6.76. The van der Waals surface area contributed by atoms with Crippen molar-refractivity contribution in [2.24, 2.45) is 0 Å². The van der Waals surface area contributed by atoms with Crippen LogP contribution in [-0.2, 0) is 0 Å². The highest BCUT2D eigenvalue weighted by atomic mass is 32.3. The number of hydrogen-bond acceptors (Lipinski definition) is 9. The molecule has 0 nitrogen and oxygen atoms in total. The van der Waals surface area contributed by atoms with Crippen molar-refractivity contribution in [2.75, 3.05) is 34.5 Å². The number of thioether (sulfide) groups is 9. The lowest BCUT2D eigenvalue weighted by Gasteiger charge is -2.33. The Balaban J connectivity index is 1.24. The molecule has 0 N–H and O–H groups in total. The van der Waals surface area contributed by atoms with Crippen molar-refractivity contribution in [3.05, 3.63) is 0 Å². The molecule has 3 atom stereocenters. The summed E-state index contributed by atoms with van der Waals surface area (Å²) in [5.41, 5.74) is 0. The van der Waals surface area contributed by atoms with E-state index in [0.29, 0.717) is 0 Å². The molecule has 21 heavy (non-hydrogen) atoms. The van der Waals surface area contributed by atoms with E-state index < -0.39 is 0 Å². The van der Waals surface area contributed by atoms with Gasteiger partial charge in [0, 0.05) is 34.5 Å². The van der Waals surface area contributed by atoms with E-state index in [1.54, 1.807) is 0 Å². The summed E-state index contributed by atoms with van der Waals surface area (Å²) in [7, 11) is 0. The summed E-state index contributed by atoms with van der Waals surface area (Å²) in [5, 5.41) is 0. The molecule has 0 spiro atoms. The van der Waals surface area contributed by atoms with Crippen LogP contribution in [0.5, 0.6) is 0 Å². The second kappa shape index (κ2) is 8.69. The smallest absolute Gasteiger partial charge is 0.0616 e. The lowest BCUT2D eigenvalue weighted by atomic mass is 10.9. The van der Waals surface area contributed by atoms with Gasteiger partial charge in [0.05, 0.1) is 27.5 Å². The molecule has 4 rings (SSSR count). The van der Waals surface area contributed by atoms with E-state index in [9.17, 15) is 0 Å². The maximum Gasteiger partial charge on any atom is 0.0616 e. The first kappa shape index (κ1) is 17.6. The van der Waals surface area contributed by atoms with Crippen LogP contribution < -0.4 is 0 Å². The van der Waals surface area contributed by atoms with Crippen LogP contribution in [0.3, 0.4) is 0 Å². The minimum atomic E-state index is 0.840. The summed E-state index contributed by atoms with van der Waals surface area (Å²) in [6.07, 6.45) is 0. The van der Waals surface area contributed by atoms with Gasteiger partial charge in [0.2, 0.25) is 0 Å². The minimum Gasteiger partial charge on any atom is -0.145 e. The van der Waals surface area contributed by atoms with Gasteiger partial charge in [-0.15, -0.1) is 106 Å². The average molecular weight is 451 g/mol. The van der Waals surface area contributed by atoms with E-state index in [2.05, 4.69) is 106 Å². The van der Waals surface area contributed by atoms with E-state index in [-0.39, 0.29) is 0 Å². The highest BCUT2D eigenvalue weighted by Gasteiger charge is 2.35. The molecular weight excluding hydrogens is 433 g/mol. The summed E-state index contributed by atoms with van der Waals surface area (Å²) >= 11 is 19.9. The van der Waals surface area contributed by atoms with Crippen LogP contribution in [0, 0.1) is 0 Å². The van der Waals surface area contributed by atoms with E-state index in [1.807, 2.05) is 0 Å². The van der Waals surface area contributed by atoms with Crippen molar-refractivity contribution in [2.45, 2.75) is 27.5 Å². The van der Waals surface area contributed by atoms with Gasteiger partial charge in [-0.05, 0) is 0 Å². The fourth-order valence-corrected chi connectivity index (χ4v) is 15.0. The summed E-state index contributed by atoms with van der Waals surface area (Å²) in [6, 6.07) is 0. The van der Waals surface area contributed by atoms with Crippen LogP contribution in [-0.4, -0.2) is 62.0 Å². The zero-order valence-corrected chi connectivity index (χ0v) is 18.7. The zero-order chi connectivity index (χ0) is 14.1. The van der Waals surface area contributed by atoms with E-state index in [1.165, 1.54) is 34.5 Å². The van der Waals surface area contributed by atoms with Crippen LogP contribution in [0.2, 0.25) is 0 Å². The fourth-order valence-electron chi connectivity index (χ4n) is 1.80. The Morgan fingerprint density at radius 1 is 0.571 bits per heavy atom. The molecule has 0 bridgehead atoms. The molecule has 3 unspecified atom stereocenters. The number of hydrogen-bond donors (Lipinski definition) is 0. The summed E-state index contributed by atoms with van der Waals surface area (Å²) < 4.78 is 5.33. The third-order valence-corrected chi connectivity index (χ3v) is 17.3. The van der Waals surface area contributed by atoms with Crippen molar-refractivity contribution in [3.63, 3.8) is 0 Å². The maximum atomic E-state index is 2.28. The Morgan fingerprint density at radius 2 is 0.857 bits per heavy atom. The van der Waals surface area contributed by atoms with E-state index >= 15 is 0 Å². The molecule has 4 saturated heterocycles. The van der Waals surface area contributed by atoms with Crippen LogP contribution in [0.1, 0.15) is 0 Å². The first-order chi connectivity index (χ1) is 10.3. The monoisotopic (exact) mass is 450 g/mol. The summed E-state index contributed by atoms with van der Waals surface area (Å²) in [4.78, 5) is 0. The van der Waals surface area contributed by atoms with E-state index in [4.69, 9.17) is 0 Å². The van der Waals surface area contributed by atoms with Crippen LogP contribution in [0.25, 0.3) is 0 Å². The van der Waals surface area contributed by atoms with Crippen LogP contribution >= 0.6 is 106 Å². The highest BCUT2D eigenvalue weighted by Crippen LogP contribution is 2.54. The normalized spacial score (nSPS) is 44.6. The Labute approximate surface area is 166 Å². The molecular formula is C12H18S9. The van der Waals surface area contributed by atoms with Crippen molar-refractivity contribution in [1.82, 2.24) is 0 Å². The molecule has 0 saturated carbocycles. The predicted molar refractivity (Wildman–Crippen MR) is 120 cm³/mol. The van der Waals surface area contributed by atoms with Crippen LogP contribution in [0.4, 0.5) is 0 Å². The van der Waals surface area contributed by atoms with Gasteiger partial charge in [-0.2, -0.15) is 0 Å².